The summed E-state index contributed by atoms with van der Waals surface area (Å²) in [7, 11) is 1.57. The largest absolute Gasteiger partial charge is 0.480 e. The number of nitrogens with zero attached hydrogens (tertiary/aromatic N) is 3. The summed E-state index contributed by atoms with van der Waals surface area (Å²) in [5.41, 5.74) is 4.12. The minimum absolute atomic E-state index is 0.0114. The summed E-state index contributed by atoms with van der Waals surface area (Å²) >= 11 is 13.1. The number of H-pyrrole nitrogens is 1. The summed E-state index contributed by atoms with van der Waals surface area (Å²) in [6.45, 7) is 0.649. The number of amides is 4. The third-order valence-electron chi connectivity index (χ3n) is 7.22. The fourth-order valence-electron chi connectivity index (χ4n) is 4.96. The van der Waals surface area contributed by atoms with Gasteiger partial charge in [0.15, 0.2) is 0 Å². The number of benzene rings is 3. The number of halogens is 2. The van der Waals surface area contributed by atoms with Gasteiger partial charge in [0, 0.05) is 32.2 Å². The Morgan fingerprint density at radius 1 is 1.12 bits per heavy atom. The number of hydrogen-bond acceptors (Lipinski definition) is 5. The van der Waals surface area contributed by atoms with Gasteiger partial charge in [-0.3, -0.25) is 9.59 Å². The first-order valence-corrected chi connectivity index (χ1v) is 14.2. The van der Waals surface area contributed by atoms with Crippen LogP contribution in [0.25, 0.3) is 11.0 Å². The number of aliphatic carboxylic acids is 1. The summed E-state index contributed by atoms with van der Waals surface area (Å²) in [6, 6.07) is 14.4. The van der Waals surface area contributed by atoms with Crippen molar-refractivity contribution < 1.29 is 24.3 Å². The number of aromatic nitrogens is 2. The van der Waals surface area contributed by atoms with Gasteiger partial charge in [-0.05, 0) is 41.3 Å². The predicted molar refractivity (Wildman–Crippen MR) is 161 cm³/mol. The standard InChI is InChI=1S/C30H28Cl2N6O5/c1-37(14-17-5-3-2-4-6-17)30(43)33-13-24(29(41)42)36-27(39)25-21(31)12-20-19(26(25)32)9-10-38(28(20)40)15-18-7-8-22-23(11-18)35-16-34-22/h2-8,11-12,16,24H,9-10,13-15H2,1H3,(H,33,43)(H,34,35)(H,36,39)(H,41,42)/t24-/m0/s1. The molecule has 1 aromatic heterocycles. The van der Waals surface area contributed by atoms with E-state index in [1.54, 1.807) is 18.3 Å². The van der Waals surface area contributed by atoms with E-state index in [1.807, 2.05) is 48.5 Å². The Hall–Kier alpha value is -4.61. The van der Waals surface area contributed by atoms with Crippen molar-refractivity contribution in [2.45, 2.75) is 25.6 Å². The first-order chi connectivity index (χ1) is 20.6. The maximum absolute atomic E-state index is 13.4. The van der Waals surface area contributed by atoms with Crippen LogP contribution in [-0.2, 0) is 24.3 Å². The molecule has 222 valence electrons. The predicted octanol–water partition coefficient (Wildman–Crippen LogP) is 4.09. The molecule has 5 rings (SSSR count). The number of rotatable bonds is 9. The second kappa shape index (κ2) is 12.7. The van der Waals surface area contributed by atoms with Gasteiger partial charge in [-0.2, -0.15) is 0 Å². The van der Waals surface area contributed by atoms with Crippen LogP contribution in [0.15, 0.2) is 60.9 Å². The number of nitrogens with one attached hydrogen (secondary N) is 3. The number of hydrogen-bond donors (Lipinski definition) is 4. The van der Waals surface area contributed by atoms with E-state index < -0.39 is 23.9 Å². The van der Waals surface area contributed by atoms with Gasteiger partial charge in [-0.15, -0.1) is 0 Å². The number of urea groups is 1. The molecule has 1 aliphatic rings. The maximum atomic E-state index is 13.4. The van der Waals surface area contributed by atoms with Crippen LogP contribution in [0.5, 0.6) is 0 Å². The highest BCUT2D eigenvalue weighted by Crippen LogP contribution is 2.35. The molecule has 1 aliphatic heterocycles. The molecule has 0 unspecified atom stereocenters. The number of carboxylic acids is 1. The maximum Gasteiger partial charge on any atom is 0.328 e. The summed E-state index contributed by atoms with van der Waals surface area (Å²) in [5.74, 6) is -2.48. The van der Waals surface area contributed by atoms with Crippen LogP contribution >= 0.6 is 23.2 Å². The fourth-order valence-corrected chi connectivity index (χ4v) is 5.68. The van der Waals surface area contributed by atoms with Crippen molar-refractivity contribution in [3.05, 3.63) is 98.8 Å². The van der Waals surface area contributed by atoms with Gasteiger partial charge in [-0.25, -0.2) is 14.6 Å². The highest BCUT2D eigenvalue weighted by atomic mass is 35.5. The summed E-state index contributed by atoms with van der Waals surface area (Å²) in [6.07, 6.45) is 1.98. The Balaban J connectivity index is 1.25. The van der Waals surface area contributed by atoms with Crippen LogP contribution in [-0.4, -0.2) is 74.9 Å². The van der Waals surface area contributed by atoms with Crippen LogP contribution in [0, 0.1) is 0 Å². The van der Waals surface area contributed by atoms with Crippen molar-refractivity contribution in [2.75, 3.05) is 20.1 Å². The molecule has 2 heterocycles. The molecule has 0 saturated carbocycles. The minimum atomic E-state index is -1.46. The SMILES string of the molecule is CN(Cc1ccccc1)C(=O)NC[C@H](NC(=O)c1c(Cl)cc2c(c1Cl)CCN(Cc1ccc3nc[nH]c3c1)C2=O)C(=O)O. The van der Waals surface area contributed by atoms with Crippen molar-refractivity contribution in [3.8, 4) is 0 Å². The van der Waals surface area contributed by atoms with E-state index in [0.29, 0.717) is 31.6 Å². The fraction of sp³-hybridized carbons (Fsp3) is 0.233. The Bertz CT molecular complexity index is 1710. The molecule has 4 N–H and O–H groups in total. The van der Waals surface area contributed by atoms with E-state index in [4.69, 9.17) is 23.2 Å². The third kappa shape index (κ3) is 6.58. The topological polar surface area (TPSA) is 148 Å². The Morgan fingerprint density at radius 3 is 2.63 bits per heavy atom. The quantitative estimate of drug-likeness (QED) is 0.221. The van der Waals surface area contributed by atoms with Gasteiger partial charge < -0.3 is 30.5 Å². The van der Waals surface area contributed by atoms with Crippen molar-refractivity contribution in [1.82, 2.24) is 30.4 Å². The second-order valence-electron chi connectivity index (χ2n) is 10.2. The van der Waals surface area contributed by atoms with Crippen LogP contribution in [0.4, 0.5) is 4.79 Å². The summed E-state index contributed by atoms with van der Waals surface area (Å²) < 4.78 is 0. The minimum Gasteiger partial charge on any atom is -0.480 e. The number of carbonyl (C=O) groups is 4. The molecule has 11 nitrogen and oxygen atoms in total. The zero-order chi connectivity index (χ0) is 30.7. The lowest BCUT2D eigenvalue weighted by Gasteiger charge is -2.30. The molecule has 0 spiro atoms. The van der Waals surface area contributed by atoms with Gasteiger partial charge >= 0.3 is 12.0 Å². The number of carbonyl (C=O) groups excluding carboxylic acids is 3. The highest BCUT2D eigenvalue weighted by molar-refractivity contribution is 6.41. The van der Waals surface area contributed by atoms with Crippen molar-refractivity contribution in [2.24, 2.45) is 0 Å². The second-order valence-corrected chi connectivity index (χ2v) is 11.0. The molecule has 0 fully saturated rings. The average Bonchev–Trinajstić information content (AvgIpc) is 3.45. The lowest BCUT2D eigenvalue weighted by atomic mass is 9.95. The van der Waals surface area contributed by atoms with Gasteiger partial charge in [0.05, 0.1) is 39.5 Å². The molecule has 43 heavy (non-hydrogen) atoms. The van der Waals surface area contributed by atoms with E-state index in [1.165, 1.54) is 11.0 Å². The molecule has 0 aliphatic carbocycles. The smallest absolute Gasteiger partial charge is 0.328 e. The van der Waals surface area contributed by atoms with Gasteiger partial charge in [-0.1, -0.05) is 59.6 Å². The zero-order valence-electron chi connectivity index (χ0n) is 23.1. The van der Waals surface area contributed by atoms with Crippen molar-refractivity contribution in [3.63, 3.8) is 0 Å². The number of aromatic amines is 1. The Labute approximate surface area is 256 Å². The molecule has 1 atom stereocenters. The third-order valence-corrected chi connectivity index (χ3v) is 7.94. The number of fused-ring (bicyclic) bond motifs is 2. The monoisotopic (exact) mass is 622 g/mol. The molecule has 0 radical (unpaired) electrons. The van der Waals surface area contributed by atoms with E-state index in [-0.39, 0.29) is 33.6 Å². The molecule has 3 aromatic carbocycles. The van der Waals surface area contributed by atoms with Crippen molar-refractivity contribution >= 4 is 58.1 Å². The zero-order valence-corrected chi connectivity index (χ0v) is 24.6. The van der Waals surface area contributed by atoms with Crippen LogP contribution in [0.1, 0.15) is 37.4 Å². The average molecular weight is 623 g/mol. The Morgan fingerprint density at radius 2 is 1.88 bits per heavy atom. The Kier molecular flexibility index (Phi) is 8.84. The lowest BCUT2D eigenvalue weighted by Crippen LogP contribution is -2.50. The first-order valence-electron chi connectivity index (χ1n) is 13.4. The lowest BCUT2D eigenvalue weighted by molar-refractivity contribution is -0.139. The number of carboxylic acid groups (broad SMARTS) is 1. The van der Waals surface area contributed by atoms with E-state index in [0.717, 1.165) is 22.2 Å². The normalized spacial score (nSPS) is 13.4. The summed E-state index contributed by atoms with van der Waals surface area (Å²) in [4.78, 5) is 61.4. The van der Waals surface area contributed by atoms with Crippen LogP contribution in [0.2, 0.25) is 10.0 Å². The molecular weight excluding hydrogens is 595 g/mol. The molecule has 13 heteroatoms. The molecule has 4 amide bonds. The summed E-state index contributed by atoms with van der Waals surface area (Å²) in [5, 5.41) is 14.5. The first kappa shape index (κ1) is 29.9. The van der Waals surface area contributed by atoms with Crippen molar-refractivity contribution in [1.29, 1.82) is 0 Å². The van der Waals surface area contributed by atoms with E-state index in [2.05, 4.69) is 20.6 Å². The number of imidazole rings is 1. The van der Waals surface area contributed by atoms with E-state index in [9.17, 15) is 24.3 Å². The van der Waals surface area contributed by atoms with Gasteiger partial charge in [0.1, 0.15) is 6.04 Å². The highest BCUT2D eigenvalue weighted by Gasteiger charge is 2.32. The van der Waals surface area contributed by atoms with Gasteiger partial charge in [0.2, 0.25) is 0 Å². The van der Waals surface area contributed by atoms with Crippen LogP contribution in [0.3, 0.4) is 0 Å². The molecule has 4 aromatic rings. The molecule has 0 bridgehead atoms. The van der Waals surface area contributed by atoms with Crippen LogP contribution < -0.4 is 10.6 Å². The van der Waals surface area contributed by atoms with Gasteiger partial charge in [0.25, 0.3) is 11.8 Å². The molecule has 0 saturated heterocycles. The van der Waals surface area contributed by atoms with E-state index >= 15 is 0 Å². The molecular formula is C30H28Cl2N6O5.